The predicted molar refractivity (Wildman–Crippen MR) is 269 cm³/mol. The lowest BCUT2D eigenvalue weighted by Crippen LogP contribution is -2.27. The van der Waals surface area contributed by atoms with Crippen LogP contribution < -0.4 is 31.8 Å². The molecule has 0 saturated carbocycles. The molecule has 0 radical (unpaired) electrons. The van der Waals surface area contributed by atoms with Crippen molar-refractivity contribution in [2.24, 2.45) is 0 Å². The third-order valence-electron chi connectivity index (χ3n) is 12.0. The topological polar surface area (TPSA) is 77.7 Å². The van der Waals surface area contributed by atoms with E-state index >= 15 is 9.13 Å². The molecule has 11 aromatic rings. The van der Waals surface area contributed by atoms with Gasteiger partial charge in [-0.05, 0) is 24.3 Å². The van der Waals surface area contributed by atoms with Crippen molar-refractivity contribution in [1.82, 2.24) is 19.5 Å². The smallest absolute Gasteiger partial charge is 0.171 e. The first-order valence-electron chi connectivity index (χ1n) is 21.5. The molecular formula is C57H40N4O2P2. The lowest BCUT2D eigenvalue weighted by molar-refractivity contribution is 0.591. The first kappa shape index (κ1) is 40.1. The molecular weight excluding hydrogens is 835 g/mol. The molecule has 0 bridgehead atoms. The van der Waals surface area contributed by atoms with Crippen molar-refractivity contribution in [3.05, 3.63) is 243 Å². The van der Waals surface area contributed by atoms with Crippen LogP contribution in [0.1, 0.15) is 0 Å². The summed E-state index contributed by atoms with van der Waals surface area (Å²) in [6.45, 7) is 0. The third-order valence-corrected chi connectivity index (χ3v) is 18.3. The zero-order chi connectivity index (χ0) is 43.8. The van der Waals surface area contributed by atoms with E-state index in [-0.39, 0.29) is 0 Å². The van der Waals surface area contributed by atoms with E-state index in [0.717, 1.165) is 33.1 Å². The predicted octanol–water partition coefficient (Wildman–Crippen LogP) is 11.2. The van der Waals surface area contributed by atoms with Crippen molar-refractivity contribution in [3.8, 4) is 39.9 Å². The fourth-order valence-corrected chi connectivity index (χ4v) is 14.8. The Morgan fingerprint density at radius 3 is 0.985 bits per heavy atom. The molecule has 65 heavy (non-hydrogen) atoms. The molecule has 0 fully saturated rings. The van der Waals surface area contributed by atoms with Crippen LogP contribution in [0.15, 0.2) is 243 Å². The van der Waals surface area contributed by atoms with E-state index in [4.69, 9.17) is 15.0 Å². The van der Waals surface area contributed by atoms with Gasteiger partial charge in [-0.15, -0.1) is 0 Å². The lowest BCUT2D eigenvalue weighted by Gasteiger charge is -2.24. The van der Waals surface area contributed by atoms with Gasteiger partial charge >= 0.3 is 0 Å². The maximum absolute atomic E-state index is 16.2. The molecule has 0 aliphatic carbocycles. The maximum Gasteiger partial charge on any atom is 0.171 e. The molecule has 0 N–H and O–H groups in total. The highest BCUT2D eigenvalue weighted by Gasteiger charge is 2.35. The highest BCUT2D eigenvalue weighted by Crippen LogP contribution is 2.47. The van der Waals surface area contributed by atoms with Gasteiger partial charge < -0.3 is 13.7 Å². The summed E-state index contributed by atoms with van der Waals surface area (Å²) in [5.74, 6) is 1.10. The Labute approximate surface area is 377 Å². The van der Waals surface area contributed by atoms with Crippen molar-refractivity contribution in [2.45, 2.75) is 0 Å². The summed E-state index contributed by atoms with van der Waals surface area (Å²) in [6.07, 6.45) is 0. The summed E-state index contributed by atoms with van der Waals surface area (Å²) in [5, 5.41) is 6.25. The van der Waals surface area contributed by atoms with Gasteiger partial charge in [-0.1, -0.05) is 218 Å². The average Bonchev–Trinajstić information content (AvgIpc) is 3.73. The van der Waals surface area contributed by atoms with Crippen LogP contribution in [-0.4, -0.2) is 19.5 Å². The minimum atomic E-state index is -3.52. The Morgan fingerprint density at radius 2 is 0.585 bits per heavy atom. The highest BCUT2D eigenvalue weighted by atomic mass is 31.2. The normalized spacial score (nSPS) is 11.8. The molecule has 11 rings (SSSR count). The van der Waals surface area contributed by atoms with Crippen molar-refractivity contribution in [2.75, 3.05) is 0 Å². The number of hydrogen-bond donors (Lipinski definition) is 0. The van der Waals surface area contributed by atoms with Crippen LogP contribution in [0.2, 0.25) is 0 Å². The van der Waals surface area contributed by atoms with E-state index in [1.165, 1.54) is 0 Å². The summed E-state index contributed by atoms with van der Waals surface area (Å²) in [7, 11) is -7.05. The number of aromatic nitrogens is 4. The molecule has 0 amide bonds. The molecule has 0 spiro atoms. The van der Waals surface area contributed by atoms with Crippen LogP contribution in [0.25, 0.3) is 61.7 Å². The zero-order valence-corrected chi connectivity index (χ0v) is 36.9. The van der Waals surface area contributed by atoms with Crippen LogP contribution >= 0.6 is 14.3 Å². The Balaban J connectivity index is 1.22. The number of fused-ring (bicyclic) bond motifs is 3. The standard InChI is InChI=1S/C57H40N4O2P2/c62-64(41-23-5-1-6-24-41,42-25-7-2-8-26-42)53-39-21-16-34-48(53)56-58-55(47-33-15-20-38-52(47)61-50-36-18-13-31-45(50)46-32-14-19-37-51(46)61)59-57(60-56)49-35-17-22-40-54(49)65(63,43-27-9-3-10-28-43)44-29-11-4-12-30-44/h1-40H. The van der Waals surface area contributed by atoms with E-state index in [1.54, 1.807) is 0 Å². The number of rotatable bonds is 10. The molecule has 8 heteroatoms. The molecule has 6 nitrogen and oxygen atoms in total. The molecule has 310 valence electrons. The first-order valence-corrected chi connectivity index (χ1v) is 24.9. The minimum Gasteiger partial charge on any atom is -0.309 e. The Bertz CT molecular complexity index is 3320. The fraction of sp³-hybridized carbons (Fsp3) is 0. The largest absolute Gasteiger partial charge is 0.309 e. The highest BCUT2D eigenvalue weighted by molar-refractivity contribution is 7.86. The molecule has 2 aromatic heterocycles. The van der Waals surface area contributed by atoms with Gasteiger partial charge in [0.1, 0.15) is 0 Å². The second-order valence-corrected chi connectivity index (χ2v) is 21.3. The average molecular weight is 875 g/mol. The fourth-order valence-electron chi connectivity index (χ4n) is 9.06. The van der Waals surface area contributed by atoms with Crippen molar-refractivity contribution in [3.63, 3.8) is 0 Å². The van der Waals surface area contributed by atoms with Gasteiger partial charge in [-0.2, -0.15) is 0 Å². The maximum atomic E-state index is 16.2. The summed E-state index contributed by atoms with van der Waals surface area (Å²) in [4.78, 5) is 16.1. The zero-order valence-electron chi connectivity index (χ0n) is 35.1. The molecule has 0 unspecified atom stereocenters. The van der Waals surface area contributed by atoms with Gasteiger partial charge in [0.25, 0.3) is 0 Å². The Hall–Kier alpha value is -7.75. The van der Waals surface area contributed by atoms with Crippen molar-refractivity contribution in [1.29, 1.82) is 0 Å². The molecule has 0 atom stereocenters. The second-order valence-electron chi connectivity index (χ2n) is 15.8. The van der Waals surface area contributed by atoms with Gasteiger partial charge in [0, 0.05) is 59.3 Å². The van der Waals surface area contributed by atoms with Crippen LogP contribution in [0, 0.1) is 0 Å². The van der Waals surface area contributed by atoms with E-state index in [1.807, 2.05) is 188 Å². The monoisotopic (exact) mass is 874 g/mol. The van der Waals surface area contributed by atoms with Gasteiger partial charge in [-0.25, -0.2) is 15.0 Å². The van der Waals surface area contributed by atoms with Gasteiger partial charge in [-0.3, -0.25) is 0 Å². The first-order chi connectivity index (χ1) is 32.0. The summed E-state index contributed by atoms with van der Waals surface area (Å²) >= 11 is 0. The Kier molecular flexibility index (Phi) is 10.3. The quantitative estimate of drug-likeness (QED) is 0.128. The van der Waals surface area contributed by atoms with Crippen LogP contribution in [0.5, 0.6) is 0 Å². The van der Waals surface area contributed by atoms with Crippen LogP contribution in [-0.2, 0) is 9.13 Å². The van der Waals surface area contributed by atoms with Crippen LogP contribution in [0.4, 0.5) is 0 Å². The number of para-hydroxylation sites is 3. The van der Waals surface area contributed by atoms with Crippen molar-refractivity contribution < 1.29 is 9.13 Å². The van der Waals surface area contributed by atoms with Gasteiger partial charge in [0.2, 0.25) is 0 Å². The number of benzene rings is 9. The van der Waals surface area contributed by atoms with E-state index in [9.17, 15) is 0 Å². The second kappa shape index (κ2) is 16.7. The van der Waals surface area contributed by atoms with Crippen LogP contribution in [0.3, 0.4) is 0 Å². The molecule has 0 aliphatic rings. The molecule has 0 aliphatic heterocycles. The van der Waals surface area contributed by atoms with Gasteiger partial charge in [0.05, 0.1) is 16.7 Å². The summed E-state index contributed by atoms with van der Waals surface area (Å²) in [5.41, 5.74) is 4.95. The van der Waals surface area contributed by atoms with E-state index in [2.05, 4.69) is 59.2 Å². The van der Waals surface area contributed by atoms with Gasteiger partial charge in [0.15, 0.2) is 31.8 Å². The van der Waals surface area contributed by atoms with Crippen molar-refractivity contribution >= 4 is 67.9 Å². The lowest BCUT2D eigenvalue weighted by atomic mass is 10.1. The number of nitrogens with zero attached hydrogens (tertiary/aromatic N) is 4. The molecule has 9 aromatic carbocycles. The molecule has 0 saturated heterocycles. The van der Waals surface area contributed by atoms with E-state index in [0.29, 0.717) is 60.4 Å². The number of hydrogen-bond acceptors (Lipinski definition) is 5. The molecule has 2 heterocycles. The Morgan fingerprint density at radius 1 is 0.292 bits per heavy atom. The summed E-state index contributed by atoms with van der Waals surface area (Å²) in [6, 6.07) is 79.0. The van der Waals surface area contributed by atoms with E-state index < -0.39 is 14.3 Å². The SMILES string of the molecule is O=P(c1ccccc1)(c1ccccc1)c1ccccc1-c1nc(-c2ccccc2-n2c3ccccc3c3ccccc32)nc(-c2ccccc2P(=O)(c2ccccc2)c2ccccc2)n1. The summed E-state index contributed by atoms with van der Waals surface area (Å²) < 4.78 is 34.6. The third kappa shape index (κ3) is 6.87. The minimum absolute atomic E-state index is 0.341.